The maximum absolute atomic E-state index is 14.5. The summed E-state index contributed by atoms with van der Waals surface area (Å²) in [4.78, 5) is 11.6. The molecule has 4 aliphatic rings. The Bertz CT molecular complexity index is 403. The molecule has 0 N–H and O–H groups in total. The number of carbonyl (C=O) groups is 1. The van der Waals surface area contributed by atoms with Crippen molar-refractivity contribution < 1.29 is 13.9 Å². The SMILES string of the molecule is C=CC(=O)OC1C2CC3CC(C2)CC1(C(F)C=C)C3. The number of carbonyl (C=O) groups excluding carboxylic acids is 1. The lowest BCUT2D eigenvalue weighted by Crippen LogP contribution is -2.60. The molecule has 4 aliphatic carbocycles. The minimum Gasteiger partial charge on any atom is -0.458 e. The van der Waals surface area contributed by atoms with Gasteiger partial charge in [0.15, 0.2) is 0 Å². The summed E-state index contributed by atoms with van der Waals surface area (Å²) >= 11 is 0. The van der Waals surface area contributed by atoms with E-state index in [4.69, 9.17) is 4.74 Å². The smallest absolute Gasteiger partial charge is 0.330 e. The van der Waals surface area contributed by atoms with E-state index in [0.29, 0.717) is 17.8 Å². The lowest BCUT2D eigenvalue weighted by Gasteiger charge is -2.60. The molecular formula is C16H21FO2. The highest BCUT2D eigenvalue weighted by molar-refractivity contribution is 5.81. The Morgan fingerprint density at radius 3 is 2.42 bits per heavy atom. The van der Waals surface area contributed by atoms with Crippen molar-refractivity contribution in [2.24, 2.45) is 23.2 Å². The number of allylic oxidation sites excluding steroid dienone is 1. The van der Waals surface area contributed by atoms with Gasteiger partial charge in [-0.2, -0.15) is 0 Å². The van der Waals surface area contributed by atoms with Gasteiger partial charge in [-0.1, -0.05) is 12.7 Å². The van der Waals surface area contributed by atoms with Gasteiger partial charge in [-0.3, -0.25) is 0 Å². The molecule has 19 heavy (non-hydrogen) atoms. The Morgan fingerprint density at radius 1 is 1.26 bits per heavy atom. The van der Waals surface area contributed by atoms with E-state index in [1.807, 2.05) is 0 Å². The standard InChI is InChI=1S/C16H21FO2/c1-3-13(17)16-8-10-5-11(9-16)7-12(6-10)15(16)19-14(18)4-2/h3-4,10-13,15H,1-2,5-9H2. The van der Waals surface area contributed by atoms with E-state index in [1.54, 1.807) is 0 Å². The Balaban J connectivity index is 1.93. The molecule has 4 bridgehead atoms. The number of esters is 1. The number of ether oxygens (including phenoxy) is 1. The van der Waals surface area contributed by atoms with Gasteiger partial charge < -0.3 is 4.74 Å². The molecule has 4 unspecified atom stereocenters. The summed E-state index contributed by atoms with van der Waals surface area (Å²) in [7, 11) is 0. The Labute approximate surface area is 113 Å². The molecule has 2 nitrogen and oxygen atoms in total. The molecule has 0 spiro atoms. The number of hydrogen-bond donors (Lipinski definition) is 0. The summed E-state index contributed by atoms with van der Waals surface area (Å²) in [5.74, 6) is 1.12. The van der Waals surface area contributed by atoms with Crippen LogP contribution in [0.3, 0.4) is 0 Å². The van der Waals surface area contributed by atoms with Gasteiger partial charge >= 0.3 is 5.97 Å². The molecule has 0 aromatic rings. The number of alkyl halides is 1. The summed E-state index contributed by atoms with van der Waals surface area (Å²) < 4.78 is 20.1. The van der Waals surface area contributed by atoms with Crippen LogP contribution in [0.4, 0.5) is 4.39 Å². The van der Waals surface area contributed by atoms with Crippen molar-refractivity contribution in [3.8, 4) is 0 Å². The summed E-state index contributed by atoms with van der Waals surface area (Å²) in [6.45, 7) is 7.06. The maximum Gasteiger partial charge on any atom is 0.330 e. The molecule has 3 heteroatoms. The van der Waals surface area contributed by atoms with Crippen molar-refractivity contribution in [3.05, 3.63) is 25.3 Å². The average molecular weight is 264 g/mol. The van der Waals surface area contributed by atoms with Crippen molar-refractivity contribution in [1.29, 1.82) is 0 Å². The predicted octanol–water partition coefficient (Wildman–Crippen LogP) is 3.43. The molecule has 0 amide bonds. The third kappa shape index (κ3) is 1.86. The second kappa shape index (κ2) is 4.46. The van der Waals surface area contributed by atoms with Gasteiger partial charge in [0.05, 0.1) is 0 Å². The number of rotatable bonds is 4. The molecule has 4 atom stereocenters. The fourth-order valence-electron chi connectivity index (χ4n) is 5.06. The van der Waals surface area contributed by atoms with Crippen LogP contribution in [0.5, 0.6) is 0 Å². The molecule has 4 fully saturated rings. The quantitative estimate of drug-likeness (QED) is 0.442. The minimum atomic E-state index is -1.08. The van der Waals surface area contributed by atoms with E-state index in [9.17, 15) is 9.18 Å². The highest BCUT2D eigenvalue weighted by Crippen LogP contribution is 2.62. The number of halogens is 1. The topological polar surface area (TPSA) is 26.3 Å². The zero-order valence-corrected chi connectivity index (χ0v) is 11.2. The van der Waals surface area contributed by atoms with Gasteiger partial charge in [0.2, 0.25) is 0 Å². The molecule has 4 saturated carbocycles. The van der Waals surface area contributed by atoms with Crippen molar-refractivity contribution in [2.75, 3.05) is 0 Å². The average Bonchev–Trinajstić information content (AvgIpc) is 2.40. The largest absolute Gasteiger partial charge is 0.458 e. The predicted molar refractivity (Wildman–Crippen MR) is 71.2 cm³/mol. The van der Waals surface area contributed by atoms with E-state index in [0.717, 1.165) is 25.7 Å². The van der Waals surface area contributed by atoms with Gasteiger partial charge in [0.25, 0.3) is 0 Å². The van der Waals surface area contributed by atoms with Crippen LogP contribution < -0.4 is 0 Å². The van der Waals surface area contributed by atoms with E-state index < -0.39 is 17.6 Å². The van der Waals surface area contributed by atoms with Crippen molar-refractivity contribution in [1.82, 2.24) is 0 Å². The van der Waals surface area contributed by atoms with Crippen LogP contribution in [-0.4, -0.2) is 18.2 Å². The Morgan fingerprint density at radius 2 is 1.89 bits per heavy atom. The summed E-state index contributed by atoms with van der Waals surface area (Å²) in [6, 6.07) is 0. The summed E-state index contributed by atoms with van der Waals surface area (Å²) in [6.07, 6.45) is 6.26. The fraction of sp³-hybridized carbons (Fsp3) is 0.688. The van der Waals surface area contributed by atoms with Crippen LogP contribution in [-0.2, 0) is 9.53 Å². The molecule has 0 aliphatic heterocycles. The zero-order valence-electron chi connectivity index (χ0n) is 11.2. The minimum absolute atomic E-state index is 0.293. The number of hydrogen-bond acceptors (Lipinski definition) is 2. The monoisotopic (exact) mass is 264 g/mol. The second-order valence-corrected chi connectivity index (χ2v) is 6.54. The van der Waals surface area contributed by atoms with Gasteiger partial charge in [-0.15, -0.1) is 6.58 Å². The molecule has 104 valence electrons. The molecule has 0 saturated heterocycles. The molecule has 0 heterocycles. The van der Waals surface area contributed by atoms with E-state index in [1.165, 1.54) is 18.6 Å². The van der Waals surface area contributed by atoms with Crippen molar-refractivity contribution in [3.63, 3.8) is 0 Å². The molecule has 0 aromatic carbocycles. The van der Waals surface area contributed by atoms with Crippen LogP contribution in [0.25, 0.3) is 0 Å². The lowest BCUT2D eigenvalue weighted by atomic mass is 9.47. The second-order valence-electron chi connectivity index (χ2n) is 6.54. The molecular weight excluding hydrogens is 243 g/mol. The van der Waals surface area contributed by atoms with Crippen LogP contribution in [0.15, 0.2) is 25.3 Å². The third-order valence-electron chi connectivity index (χ3n) is 5.44. The Hall–Kier alpha value is -1.12. The first-order chi connectivity index (χ1) is 9.09. The summed E-state index contributed by atoms with van der Waals surface area (Å²) in [5.41, 5.74) is -0.519. The first-order valence-electron chi connectivity index (χ1n) is 7.18. The molecule has 0 radical (unpaired) electrons. The van der Waals surface area contributed by atoms with Gasteiger partial charge in [-0.05, 0) is 49.9 Å². The highest BCUT2D eigenvalue weighted by atomic mass is 19.1. The van der Waals surface area contributed by atoms with Crippen LogP contribution in [0, 0.1) is 23.2 Å². The van der Waals surface area contributed by atoms with Crippen molar-refractivity contribution >= 4 is 5.97 Å². The lowest BCUT2D eigenvalue weighted by molar-refractivity contribution is -0.200. The first-order valence-corrected chi connectivity index (χ1v) is 7.18. The van der Waals surface area contributed by atoms with E-state index in [-0.39, 0.29) is 6.10 Å². The first kappa shape index (κ1) is 12.9. The highest BCUT2D eigenvalue weighted by Gasteiger charge is 2.61. The third-order valence-corrected chi connectivity index (χ3v) is 5.44. The normalized spacial score (nSPS) is 44.7. The van der Waals surface area contributed by atoms with Crippen LogP contribution >= 0.6 is 0 Å². The van der Waals surface area contributed by atoms with Gasteiger partial charge in [0.1, 0.15) is 12.3 Å². The Kier molecular flexibility index (Phi) is 3.03. The molecule has 0 aromatic heterocycles. The van der Waals surface area contributed by atoms with Crippen LogP contribution in [0.2, 0.25) is 0 Å². The van der Waals surface area contributed by atoms with E-state index >= 15 is 0 Å². The maximum atomic E-state index is 14.5. The van der Waals surface area contributed by atoms with E-state index in [2.05, 4.69) is 13.2 Å². The summed E-state index contributed by atoms with van der Waals surface area (Å²) in [5, 5.41) is 0. The van der Waals surface area contributed by atoms with Crippen molar-refractivity contribution in [2.45, 2.75) is 44.4 Å². The molecule has 4 rings (SSSR count). The van der Waals surface area contributed by atoms with Gasteiger partial charge in [0, 0.05) is 11.5 Å². The zero-order chi connectivity index (χ0) is 13.6. The van der Waals surface area contributed by atoms with Gasteiger partial charge in [-0.25, -0.2) is 9.18 Å². The van der Waals surface area contributed by atoms with Crippen LogP contribution in [0.1, 0.15) is 32.1 Å². The fourth-order valence-corrected chi connectivity index (χ4v) is 5.06.